The van der Waals surface area contributed by atoms with Crippen LogP contribution in [0.25, 0.3) is 0 Å². The Morgan fingerprint density at radius 1 is 1.37 bits per heavy atom. The molecule has 0 aliphatic carbocycles. The Balaban J connectivity index is 1.85. The minimum Gasteiger partial charge on any atom is -0.384 e. The lowest BCUT2D eigenvalue weighted by Crippen LogP contribution is -2.23. The van der Waals surface area contributed by atoms with Crippen molar-refractivity contribution < 1.29 is 14.1 Å². The first-order valence-corrected chi connectivity index (χ1v) is 5.93. The van der Waals surface area contributed by atoms with Gasteiger partial charge >= 0.3 is 0 Å². The molecule has 6 heteroatoms. The molecule has 100 valence electrons. The Hall–Kier alpha value is -2.21. The number of aromatic nitrogens is 2. The molecule has 0 saturated heterocycles. The summed E-state index contributed by atoms with van der Waals surface area (Å²) in [5, 5.41) is 6.51. The fourth-order valence-corrected chi connectivity index (χ4v) is 1.50. The molecule has 0 saturated carbocycles. The van der Waals surface area contributed by atoms with E-state index in [0.717, 1.165) is 0 Å². The highest BCUT2D eigenvalue weighted by atomic mass is 16.5. The van der Waals surface area contributed by atoms with Gasteiger partial charge in [-0.05, 0) is 12.1 Å². The molecule has 1 aromatic heterocycles. The average molecular weight is 261 g/mol. The van der Waals surface area contributed by atoms with Crippen molar-refractivity contribution in [2.75, 3.05) is 13.7 Å². The number of hydrogen-bond acceptors (Lipinski definition) is 5. The molecule has 0 aliphatic heterocycles. The summed E-state index contributed by atoms with van der Waals surface area (Å²) in [4.78, 5) is 15.9. The summed E-state index contributed by atoms with van der Waals surface area (Å²) in [6.07, 6.45) is 0.566. The third-order valence-electron chi connectivity index (χ3n) is 2.47. The van der Waals surface area contributed by atoms with E-state index >= 15 is 0 Å². The highest BCUT2D eigenvalue weighted by Crippen LogP contribution is 2.01. The summed E-state index contributed by atoms with van der Waals surface area (Å²) in [5.74, 6) is 0.796. The lowest BCUT2D eigenvalue weighted by Gasteiger charge is -2.01. The van der Waals surface area contributed by atoms with Crippen molar-refractivity contribution in [3.05, 3.63) is 47.6 Å². The van der Waals surface area contributed by atoms with Gasteiger partial charge in [0.25, 0.3) is 5.91 Å². The van der Waals surface area contributed by atoms with Gasteiger partial charge in [-0.1, -0.05) is 23.4 Å². The Bertz CT molecular complexity index is 525. The first-order valence-electron chi connectivity index (χ1n) is 5.93. The van der Waals surface area contributed by atoms with Gasteiger partial charge in [-0.3, -0.25) is 4.79 Å². The van der Waals surface area contributed by atoms with E-state index in [4.69, 9.17) is 9.26 Å². The number of rotatable bonds is 6. The van der Waals surface area contributed by atoms with Crippen LogP contribution in [0, 0.1) is 0 Å². The maximum Gasteiger partial charge on any atom is 0.251 e. The molecule has 6 nitrogen and oxygen atoms in total. The van der Waals surface area contributed by atoms with Crippen molar-refractivity contribution in [2.45, 2.75) is 13.0 Å². The summed E-state index contributed by atoms with van der Waals surface area (Å²) in [7, 11) is 1.61. The number of methoxy groups -OCH3 is 1. The molecule has 0 spiro atoms. The minimum absolute atomic E-state index is 0.163. The second-order valence-corrected chi connectivity index (χ2v) is 3.90. The van der Waals surface area contributed by atoms with E-state index in [9.17, 15) is 4.79 Å². The average Bonchev–Trinajstić information content (AvgIpc) is 2.91. The second-order valence-electron chi connectivity index (χ2n) is 3.90. The fourth-order valence-electron chi connectivity index (χ4n) is 1.50. The van der Waals surface area contributed by atoms with Crippen LogP contribution in [0.2, 0.25) is 0 Å². The Labute approximate surface area is 110 Å². The topological polar surface area (TPSA) is 77.2 Å². The Morgan fingerprint density at radius 3 is 2.89 bits per heavy atom. The summed E-state index contributed by atoms with van der Waals surface area (Å²) in [6, 6.07) is 8.97. The second kappa shape index (κ2) is 6.65. The van der Waals surface area contributed by atoms with E-state index in [0.29, 0.717) is 30.3 Å². The number of amides is 1. The minimum atomic E-state index is -0.163. The zero-order valence-corrected chi connectivity index (χ0v) is 10.6. The molecular weight excluding hydrogens is 246 g/mol. The molecule has 1 heterocycles. The fraction of sp³-hybridized carbons (Fsp3) is 0.308. The number of nitrogens with one attached hydrogen (secondary N) is 1. The van der Waals surface area contributed by atoms with Crippen LogP contribution in [-0.2, 0) is 17.7 Å². The lowest BCUT2D eigenvalue weighted by atomic mass is 10.2. The van der Waals surface area contributed by atoms with Gasteiger partial charge in [0.15, 0.2) is 5.82 Å². The number of ether oxygens (including phenoxy) is 1. The molecule has 0 unspecified atom stereocenters. The van der Waals surface area contributed by atoms with Gasteiger partial charge in [0, 0.05) is 12.7 Å². The van der Waals surface area contributed by atoms with Crippen molar-refractivity contribution in [2.24, 2.45) is 0 Å². The number of benzene rings is 1. The van der Waals surface area contributed by atoms with Crippen LogP contribution in [0.5, 0.6) is 0 Å². The Morgan fingerprint density at radius 2 is 2.16 bits per heavy atom. The maximum atomic E-state index is 11.8. The number of carbonyl (C=O) groups is 1. The van der Waals surface area contributed by atoms with Crippen molar-refractivity contribution in [1.29, 1.82) is 0 Å². The van der Waals surface area contributed by atoms with Crippen molar-refractivity contribution in [3.63, 3.8) is 0 Å². The highest BCUT2D eigenvalue weighted by Gasteiger charge is 2.08. The van der Waals surface area contributed by atoms with Crippen LogP contribution < -0.4 is 5.32 Å². The summed E-state index contributed by atoms with van der Waals surface area (Å²) in [6.45, 7) is 0.766. The molecule has 0 fully saturated rings. The third-order valence-corrected chi connectivity index (χ3v) is 2.47. The van der Waals surface area contributed by atoms with Gasteiger partial charge < -0.3 is 14.6 Å². The molecule has 2 rings (SSSR count). The van der Waals surface area contributed by atoms with Crippen LogP contribution in [0.1, 0.15) is 22.1 Å². The normalized spacial score (nSPS) is 10.4. The first-order chi connectivity index (χ1) is 9.29. The quantitative estimate of drug-likeness (QED) is 0.845. The number of nitrogens with zero attached hydrogens (tertiary/aromatic N) is 2. The Kier molecular flexibility index (Phi) is 4.63. The maximum absolute atomic E-state index is 11.8. The summed E-state index contributed by atoms with van der Waals surface area (Å²) < 4.78 is 9.93. The van der Waals surface area contributed by atoms with Gasteiger partial charge in [-0.25, -0.2) is 0 Å². The molecule has 1 amide bonds. The number of carbonyl (C=O) groups excluding carboxylic acids is 1. The van der Waals surface area contributed by atoms with E-state index in [2.05, 4.69) is 15.5 Å². The highest BCUT2D eigenvalue weighted by molar-refractivity contribution is 5.93. The van der Waals surface area contributed by atoms with Gasteiger partial charge in [0.2, 0.25) is 5.89 Å². The zero-order chi connectivity index (χ0) is 13.5. The molecule has 1 aromatic carbocycles. The SMILES string of the molecule is COCCc1nc(CNC(=O)c2ccccc2)no1. The van der Waals surface area contributed by atoms with E-state index in [1.165, 1.54) is 0 Å². The van der Waals surface area contributed by atoms with Gasteiger partial charge in [-0.2, -0.15) is 4.98 Å². The van der Waals surface area contributed by atoms with E-state index in [-0.39, 0.29) is 12.5 Å². The van der Waals surface area contributed by atoms with Crippen molar-refractivity contribution in [1.82, 2.24) is 15.5 Å². The lowest BCUT2D eigenvalue weighted by molar-refractivity contribution is 0.0949. The van der Waals surface area contributed by atoms with Gasteiger partial charge in [0.05, 0.1) is 19.6 Å². The van der Waals surface area contributed by atoms with E-state index < -0.39 is 0 Å². The number of hydrogen-bond donors (Lipinski definition) is 1. The third kappa shape index (κ3) is 3.89. The van der Waals surface area contributed by atoms with E-state index in [1.807, 2.05) is 18.2 Å². The van der Waals surface area contributed by atoms with Crippen LogP contribution >= 0.6 is 0 Å². The van der Waals surface area contributed by atoms with Crippen molar-refractivity contribution in [3.8, 4) is 0 Å². The van der Waals surface area contributed by atoms with Crippen LogP contribution in [0.4, 0.5) is 0 Å². The first kappa shape index (κ1) is 13.2. The van der Waals surface area contributed by atoms with Gasteiger partial charge in [-0.15, -0.1) is 0 Å². The standard InChI is InChI=1S/C13H15N3O3/c1-18-8-7-12-15-11(16-19-12)9-14-13(17)10-5-3-2-4-6-10/h2-6H,7-9H2,1H3,(H,14,17). The summed E-state index contributed by atoms with van der Waals surface area (Å²) >= 11 is 0. The molecule has 19 heavy (non-hydrogen) atoms. The van der Waals surface area contributed by atoms with Crippen LogP contribution in [-0.4, -0.2) is 29.8 Å². The smallest absolute Gasteiger partial charge is 0.251 e. The molecule has 0 atom stereocenters. The monoisotopic (exact) mass is 261 g/mol. The molecular formula is C13H15N3O3. The predicted octanol–water partition coefficient (Wildman–Crippen LogP) is 1.19. The molecule has 2 aromatic rings. The van der Waals surface area contributed by atoms with Crippen molar-refractivity contribution >= 4 is 5.91 Å². The zero-order valence-electron chi connectivity index (χ0n) is 10.6. The molecule has 0 radical (unpaired) electrons. The van der Waals surface area contributed by atoms with Crippen LogP contribution in [0.15, 0.2) is 34.9 Å². The molecule has 1 N–H and O–H groups in total. The largest absolute Gasteiger partial charge is 0.384 e. The molecule has 0 bridgehead atoms. The molecule has 0 aliphatic rings. The van der Waals surface area contributed by atoms with Gasteiger partial charge in [0.1, 0.15) is 0 Å². The van der Waals surface area contributed by atoms with E-state index in [1.54, 1.807) is 19.2 Å². The van der Waals surface area contributed by atoms with Crippen LogP contribution in [0.3, 0.4) is 0 Å². The summed E-state index contributed by atoms with van der Waals surface area (Å²) in [5.41, 5.74) is 0.602. The predicted molar refractivity (Wildman–Crippen MR) is 67.5 cm³/mol.